The third kappa shape index (κ3) is 3.37. The number of hydrazine groups is 1. The fourth-order valence-corrected chi connectivity index (χ4v) is 2.10. The second kappa shape index (κ2) is 5.04. The normalized spacial score (nSPS) is 21.7. The van der Waals surface area contributed by atoms with Crippen LogP contribution in [0.3, 0.4) is 0 Å². The first-order valence-corrected chi connectivity index (χ1v) is 6.48. The van der Waals surface area contributed by atoms with E-state index in [9.17, 15) is 0 Å². The lowest BCUT2D eigenvalue weighted by atomic mass is 10.1. The molecule has 4 heteroatoms. The van der Waals surface area contributed by atoms with E-state index >= 15 is 0 Å². The number of guanidine groups is 1. The molecule has 0 aromatic carbocycles. The smallest absolute Gasteiger partial charge is 0.205 e. The molecule has 2 saturated carbocycles. The molecule has 2 aliphatic rings. The monoisotopic (exact) mass is 224 g/mol. The first-order chi connectivity index (χ1) is 7.70. The van der Waals surface area contributed by atoms with Crippen molar-refractivity contribution in [3.8, 4) is 0 Å². The van der Waals surface area contributed by atoms with Gasteiger partial charge in [0.1, 0.15) is 0 Å². The van der Waals surface area contributed by atoms with Crippen molar-refractivity contribution in [2.75, 3.05) is 6.54 Å². The summed E-state index contributed by atoms with van der Waals surface area (Å²) in [6.07, 6.45) is 5.48. The van der Waals surface area contributed by atoms with Crippen LogP contribution in [0.1, 0.15) is 39.5 Å². The summed E-state index contributed by atoms with van der Waals surface area (Å²) in [6.45, 7) is 5.16. The van der Waals surface area contributed by atoms with Crippen molar-refractivity contribution in [2.45, 2.75) is 45.6 Å². The van der Waals surface area contributed by atoms with Crippen LogP contribution in [0.25, 0.3) is 0 Å². The Hall–Kier alpha value is -0.770. The van der Waals surface area contributed by atoms with Gasteiger partial charge in [0.2, 0.25) is 5.96 Å². The average Bonchev–Trinajstić information content (AvgIpc) is 3.11. The Morgan fingerprint density at radius 1 is 1.25 bits per heavy atom. The minimum absolute atomic E-state index is 0.574. The van der Waals surface area contributed by atoms with Crippen molar-refractivity contribution in [2.24, 2.45) is 28.6 Å². The maximum atomic E-state index is 5.51. The molecule has 0 heterocycles. The quantitative estimate of drug-likeness (QED) is 0.285. The summed E-state index contributed by atoms with van der Waals surface area (Å²) < 4.78 is 0. The van der Waals surface area contributed by atoms with Crippen molar-refractivity contribution >= 4 is 5.96 Å². The van der Waals surface area contributed by atoms with Gasteiger partial charge in [-0.05, 0) is 43.4 Å². The zero-order valence-electron chi connectivity index (χ0n) is 10.4. The number of nitrogens with zero attached hydrogens (tertiary/aromatic N) is 1. The summed E-state index contributed by atoms with van der Waals surface area (Å²) >= 11 is 0. The van der Waals surface area contributed by atoms with Gasteiger partial charge in [-0.2, -0.15) is 0 Å². The van der Waals surface area contributed by atoms with E-state index in [-0.39, 0.29) is 0 Å². The van der Waals surface area contributed by atoms with Gasteiger partial charge < -0.3 is 5.32 Å². The molecule has 16 heavy (non-hydrogen) atoms. The van der Waals surface area contributed by atoms with Crippen LogP contribution in [0.15, 0.2) is 4.99 Å². The van der Waals surface area contributed by atoms with Crippen LogP contribution in [0.5, 0.6) is 0 Å². The standard InChI is InChI=1S/C12H24N4/c1-8(2)7-14-12(16-13)15-11(9-3-4-9)10-5-6-10/h8-11H,3-7,13H2,1-2H3,(H2,14,15,16). The number of nitrogens with one attached hydrogen (secondary N) is 2. The summed E-state index contributed by atoms with van der Waals surface area (Å²) in [4.78, 5) is 4.47. The minimum atomic E-state index is 0.574. The molecule has 2 fully saturated rings. The Morgan fingerprint density at radius 2 is 1.81 bits per heavy atom. The highest BCUT2D eigenvalue weighted by atomic mass is 15.3. The first-order valence-electron chi connectivity index (χ1n) is 6.48. The lowest BCUT2D eigenvalue weighted by Gasteiger charge is -2.20. The summed E-state index contributed by atoms with van der Waals surface area (Å²) in [5, 5.41) is 3.50. The summed E-state index contributed by atoms with van der Waals surface area (Å²) in [7, 11) is 0. The van der Waals surface area contributed by atoms with Gasteiger partial charge in [0.25, 0.3) is 0 Å². The molecule has 4 N–H and O–H groups in total. The highest BCUT2D eigenvalue weighted by Gasteiger charge is 2.41. The molecule has 4 nitrogen and oxygen atoms in total. The maximum Gasteiger partial charge on any atom is 0.205 e. The lowest BCUT2D eigenvalue weighted by Crippen LogP contribution is -2.48. The molecule has 0 radical (unpaired) electrons. The third-order valence-corrected chi connectivity index (χ3v) is 3.31. The second-order valence-corrected chi connectivity index (χ2v) is 5.57. The van der Waals surface area contributed by atoms with Crippen molar-refractivity contribution in [3.63, 3.8) is 0 Å². The predicted octanol–water partition coefficient (Wildman–Crippen LogP) is 1.24. The van der Waals surface area contributed by atoms with Crippen LogP contribution >= 0.6 is 0 Å². The topological polar surface area (TPSA) is 62.4 Å². The first kappa shape index (κ1) is 11.7. The zero-order chi connectivity index (χ0) is 11.5. The van der Waals surface area contributed by atoms with Crippen LogP contribution < -0.4 is 16.6 Å². The largest absolute Gasteiger partial charge is 0.352 e. The van der Waals surface area contributed by atoms with Crippen LogP contribution in [0.2, 0.25) is 0 Å². The van der Waals surface area contributed by atoms with Crippen LogP contribution in [-0.2, 0) is 0 Å². The van der Waals surface area contributed by atoms with Crippen LogP contribution in [0.4, 0.5) is 0 Å². The van der Waals surface area contributed by atoms with Gasteiger partial charge in [-0.1, -0.05) is 13.8 Å². The summed E-state index contributed by atoms with van der Waals surface area (Å²) in [5.41, 5.74) is 2.69. The molecule has 0 saturated heterocycles. The zero-order valence-corrected chi connectivity index (χ0v) is 10.4. The highest BCUT2D eigenvalue weighted by molar-refractivity contribution is 5.79. The van der Waals surface area contributed by atoms with E-state index < -0.39 is 0 Å². The Morgan fingerprint density at radius 3 is 2.19 bits per heavy atom. The third-order valence-electron chi connectivity index (χ3n) is 3.31. The van der Waals surface area contributed by atoms with Crippen molar-refractivity contribution < 1.29 is 0 Å². The number of hydrogen-bond acceptors (Lipinski definition) is 2. The molecule has 92 valence electrons. The molecule has 2 rings (SSSR count). The summed E-state index contributed by atoms with van der Waals surface area (Å²) in [6, 6.07) is 0.613. The van der Waals surface area contributed by atoms with Gasteiger partial charge in [-0.15, -0.1) is 0 Å². The molecule has 0 aliphatic heterocycles. The van der Waals surface area contributed by atoms with Gasteiger partial charge in [-0.25, -0.2) is 5.84 Å². The lowest BCUT2D eigenvalue weighted by molar-refractivity contribution is 0.474. The van der Waals surface area contributed by atoms with E-state index in [1.807, 2.05) is 0 Å². The predicted molar refractivity (Wildman–Crippen MR) is 66.8 cm³/mol. The van der Waals surface area contributed by atoms with Crippen molar-refractivity contribution in [1.82, 2.24) is 10.7 Å². The number of hydrogen-bond donors (Lipinski definition) is 3. The molecular weight excluding hydrogens is 200 g/mol. The number of nitrogens with two attached hydrogens (primary N) is 1. The minimum Gasteiger partial charge on any atom is -0.352 e. The number of aliphatic imine (C=N–C) groups is 1. The molecular formula is C12H24N4. The van der Waals surface area contributed by atoms with E-state index in [0.717, 1.165) is 24.3 Å². The molecule has 0 aromatic heterocycles. The van der Waals surface area contributed by atoms with E-state index in [1.165, 1.54) is 25.7 Å². The highest BCUT2D eigenvalue weighted by Crippen LogP contribution is 2.44. The van der Waals surface area contributed by atoms with E-state index in [0.29, 0.717) is 12.0 Å². The number of rotatable bonds is 5. The van der Waals surface area contributed by atoms with Gasteiger partial charge in [0.15, 0.2) is 0 Å². The van der Waals surface area contributed by atoms with Gasteiger partial charge in [0, 0.05) is 12.6 Å². The fourth-order valence-electron chi connectivity index (χ4n) is 2.10. The molecule has 0 bridgehead atoms. The van der Waals surface area contributed by atoms with Crippen molar-refractivity contribution in [3.05, 3.63) is 0 Å². The Labute approximate surface area is 98.0 Å². The van der Waals surface area contributed by atoms with Crippen molar-refractivity contribution in [1.29, 1.82) is 0 Å². The van der Waals surface area contributed by atoms with Crippen LogP contribution in [-0.4, -0.2) is 18.5 Å². The molecule has 0 aromatic rings. The molecule has 2 aliphatic carbocycles. The Bertz CT molecular complexity index is 242. The Kier molecular flexibility index (Phi) is 3.69. The van der Waals surface area contributed by atoms with E-state index in [1.54, 1.807) is 0 Å². The fraction of sp³-hybridized carbons (Fsp3) is 0.917. The van der Waals surface area contributed by atoms with Gasteiger partial charge >= 0.3 is 0 Å². The van der Waals surface area contributed by atoms with Gasteiger partial charge in [0.05, 0.1) is 0 Å². The molecule has 0 amide bonds. The van der Waals surface area contributed by atoms with E-state index in [2.05, 4.69) is 29.6 Å². The second-order valence-electron chi connectivity index (χ2n) is 5.57. The molecule has 0 unspecified atom stereocenters. The molecule has 0 spiro atoms. The van der Waals surface area contributed by atoms with Crippen LogP contribution in [0, 0.1) is 17.8 Å². The molecule has 0 atom stereocenters. The van der Waals surface area contributed by atoms with E-state index in [4.69, 9.17) is 5.84 Å². The average molecular weight is 224 g/mol. The summed E-state index contributed by atoms with van der Waals surface area (Å²) in [5.74, 6) is 8.59. The SMILES string of the molecule is CC(C)CN=C(NN)NC(C1CC1)C1CC1. The Balaban J connectivity index is 1.85. The maximum absolute atomic E-state index is 5.51. The van der Waals surface area contributed by atoms with Gasteiger partial charge in [-0.3, -0.25) is 10.4 Å².